The first-order chi connectivity index (χ1) is 12.2. The van der Waals surface area contributed by atoms with E-state index in [-0.39, 0.29) is 11.2 Å². The Bertz CT molecular complexity index is 824. The summed E-state index contributed by atoms with van der Waals surface area (Å²) >= 11 is 7.72. The van der Waals surface area contributed by atoms with Gasteiger partial charge in [0.1, 0.15) is 5.25 Å². The fourth-order valence-electron chi connectivity index (χ4n) is 2.45. The van der Waals surface area contributed by atoms with Crippen molar-refractivity contribution in [3.8, 4) is 0 Å². The number of amides is 1. The zero-order chi connectivity index (χ0) is 17.5. The summed E-state index contributed by atoms with van der Waals surface area (Å²) in [5.41, 5.74) is 1.89. The van der Waals surface area contributed by atoms with Gasteiger partial charge < -0.3 is 5.32 Å². The van der Waals surface area contributed by atoms with E-state index < -0.39 is 0 Å². The molecule has 0 fully saturated rings. The van der Waals surface area contributed by atoms with Crippen LogP contribution in [0.25, 0.3) is 0 Å². The SMILES string of the molecule is O=C(NCc1ccccc1Cl)C(Sc1ccccc1)c1ccccc1. The van der Waals surface area contributed by atoms with E-state index in [0.29, 0.717) is 11.6 Å². The summed E-state index contributed by atoms with van der Waals surface area (Å²) in [5, 5.41) is 3.36. The van der Waals surface area contributed by atoms with Gasteiger partial charge in [-0.25, -0.2) is 0 Å². The van der Waals surface area contributed by atoms with Crippen molar-refractivity contribution in [1.29, 1.82) is 0 Å². The number of hydrogen-bond donors (Lipinski definition) is 1. The first-order valence-electron chi connectivity index (χ1n) is 8.02. The molecule has 0 saturated heterocycles. The Hall–Kier alpha value is -2.23. The molecular weight excluding hydrogens is 350 g/mol. The fourth-order valence-corrected chi connectivity index (χ4v) is 3.73. The van der Waals surface area contributed by atoms with E-state index in [0.717, 1.165) is 16.0 Å². The summed E-state index contributed by atoms with van der Waals surface area (Å²) in [6.45, 7) is 0.414. The second kappa shape index (κ2) is 8.75. The molecule has 3 aromatic rings. The molecule has 0 aromatic heterocycles. The predicted octanol–water partition coefficient (Wildman–Crippen LogP) is 5.49. The van der Waals surface area contributed by atoms with Crippen molar-refractivity contribution in [2.24, 2.45) is 0 Å². The maximum Gasteiger partial charge on any atom is 0.238 e. The molecule has 25 heavy (non-hydrogen) atoms. The van der Waals surface area contributed by atoms with Crippen LogP contribution in [0.4, 0.5) is 0 Å². The Morgan fingerprint density at radius 3 is 2.16 bits per heavy atom. The van der Waals surface area contributed by atoms with Crippen LogP contribution < -0.4 is 5.32 Å². The van der Waals surface area contributed by atoms with Gasteiger partial charge in [0.15, 0.2) is 0 Å². The largest absolute Gasteiger partial charge is 0.351 e. The zero-order valence-electron chi connectivity index (χ0n) is 13.6. The Balaban J connectivity index is 1.76. The molecule has 1 unspecified atom stereocenters. The van der Waals surface area contributed by atoms with Gasteiger partial charge in [0.05, 0.1) is 0 Å². The summed E-state index contributed by atoms with van der Waals surface area (Å²) in [5.74, 6) is -0.0278. The number of nitrogens with one attached hydrogen (secondary N) is 1. The second-order valence-corrected chi connectivity index (χ2v) is 7.12. The molecule has 0 bridgehead atoms. The number of rotatable bonds is 6. The highest BCUT2D eigenvalue weighted by Gasteiger charge is 2.21. The fraction of sp³-hybridized carbons (Fsp3) is 0.0952. The van der Waals surface area contributed by atoms with E-state index in [4.69, 9.17) is 11.6 Å². The third-order valence-corrected chi connectivity index (χ3v) is 5.38. The molecule has 0 spiro atoms. The smallest absolute Gasteiger partial charge is 0.238 e. The molecule has 1 atom stereocenters. The van der Waals surface area contributed by atoms with Gasteiger partial charge in [-0.15, -0.1) is 11.8 Å². The summed E-state index contributed by atoms with van der Waals surface area (Å²) in [4.78, 5) is 13.9. The molecule has 0 aliphatic rings. The Morgan fingerprint density at radius 1 is 0.880 bits per heavy atom. The lowest BCUT2D eigenvalue weighted by atomic mass is 10.1. The van der Waals surface area contributed by atoms with E-state index in [1.807, 2.05) is 84.9 Å². The lowest BCUT2D eigenvalue weighted by Crippen LogP contribution is -2.27. The molecule has 3 aromatic carbocycles. The van der Waals surface area contributed by atoms with Crippen LogP contribution in [0, 0.1) is 0 Å². The highest BCUT2D eigenvalue weighted by molar-refractivity contribution is 8.00. The van der Waals surface area contributed by atoms with E-state index in [9.17, 15) is 4.79 Å². The molecule has 0 aliphatic heterocycles. The van der Waals surface area contributed by atoms with Crippen molar-refractivity contribution < 1.29 is 4.79 Å². The van der Waals surface area contributed by atoms with Crippen LogP contribution in [0.15, 0.2) is 89.8 Å². The average Bonchev–Trinajstić information content (AvgIpc) is 2.67. The van der Waals surface area contributed by atoms with Crippen LogP contribution in [0.1, 0.15) is 16.4 Å². The first kappa shape index (κ1) is 17.6. The van der Waals surface area contributed by atoms with Crippen LogP contribution in [0.2, 0.25) is 5.02 Å². The summed E-state index contributed by atoms with van der Waals surface area (Å²) in [6.07, 6.45) is 0. The van der Waals surface area contributed by atoms with Crippen molar-refractivity contribution in [3.63, 3.8) is 0 Å². The normalized spacial score (nSPS) is 11.7. The van der Waals surface area contributed by atoms with E-state index >= 15 is 0 Å². The van der Waals surface area contributed by atoms with E-state index in [2.05, 4.69) is 5.32 Å². The molecule has 0 radical (unpaired) electrons. The molecule has 0 saturated carbocycles. The van der Waals surface area contributed by atoms with Gasteiger partial charge in [-0.05, 0) is 29.3 Å². The molecule has 1 N–H and O–H groups in total. The average molecular weight is 368 g/mol. The number of benzene rings is 3. The van der Waals surface area contributed by atoms with E-state index in [1.54, 1.807) is 11.8 Å². The minimum absolute atomic E-state index is 0.0278. The Kier molecular flexibility index (Phi) is 6.15. The quantitative estimate of drug-likeness (QED) is 0.583. The van der Waals surface area contributed by atoms with Crippen LogP contribution in [-0.2, 0) is 11.3 Å². The number of halogens is 1. The third-order valence-electron chi connectivity index (χ3n) is 3.75. The van der Waals surface area contributed by atoms with Crippen molar-refractivity contribution in [3.05, 3.63) is 101 Å². The number of carbonyl (C=O) groups excluding carboxylic acids is 1. The predicted molar refractivity (Wildman–Crippen MR) is 105 cm³/mol. The van der Waals surface area contributed by atoms with E-state index in [1.165, 1.54) is 0 Å². The molecule has 3 rings (SSSR count). The Morgan fingerprint density at radius 2 is 1.48 bits per heavy atom. The van der Waals surface area contributed by atoms with Crippen molar-refractivity contribution in [2.45, 2.75) is 16.7 Å². The van der Waals surface area contributed by atoms with Gasteiger partial charge in [-0.1, -0.05) is 78.3 Å². The van der Waals surface area contributed by atoms with Gasteiger partial charge >= 0.3 is 0 Å². The second-order valence-electron chi connectivity index (χ2n) is 5.53. The molecule has 0 aliphatic carbocycles. The number of carbonyl (C=O) groups is 1. The van der Waals surface area contributed by atoms with Gasteiger partial charge in [0.2, 0.25) is 5.91 Å². The van der Waals surface area contributed by atoms with Gasteiger partial charge in [0.25, 0.3) is 0 Å². The third kappa shape index (κ3) is 4.88. The monoisotopic (exact) mass is 367 g/mol. The van der Waals surface area contributed by atoms with Gasteiger partial charge in [-0.3, -0.25) is 4.79 Å². The van der Waals surface area contributed by atoms with Crippen molar-refractivity contribution >= 4 is 29.3 Å². The standard InChI is InChI=1S/C21H18ClNOS/c22-19-14-8-7-11-17(19)15-23-21(24)20(16-9-3-1-4-10-16)25-18-12-5-2-6-13-18/h1-14,20H,15H2,(H,23,24). The first-order valence-corrected chi connectivity index (χ1v) is 9.27. The van der Waals surface area contributed by atoms with Crippen LogP contribution in [0.3, 0.4) is 0 Å². The highest BCUT2D eigenvalue weighted by atomic mass is 35.5. The lowest BCUT2D eigenvalue weighted by Gasteiger charge is -2.17. The lowest BCUT2D eigenvalue weighted by molar-refractivity contribution is -0.120. The van der Waals surface area contributed by atoms with Crippen LogP contribution in [0.5, 0.6) is 0 Å². The highest BCUT2D eigenvalue weighted by Crippen LogP contribution is 2.35. The zero-order valence-corrected chi connectivity index (χ0v) is 15.1. The van der Waals surface area contributed by atoms with Crippen LogP contribution >= 0.6 is 23.4 Å². The molecule has 4 heteroatoms. The van der Waals surface area contributed by atoms with Crippen molar-refractivity contribution in [1.82, 2.24) is 5.32 Å². The minimum Gasteiger partial charge on any atom is -0.351 e. The molecule has 0 heterocycles. The number of hydrogen-bond acceptors (Lipinski definition) is 2. The summed E-state index contributed by atoms with van der Waals surface area (Å²) in [7, 11) is 0. The maximum absolute atomic E-state index is 12.9. The summed E-state index contributed by atoms with van der Waals surface area (Å²) < 4.78 is 0. The maximum atomic E-state index is 12.9. The van der Waals surface area contributed by atoms with Crippen LogP contribution in [-0.4, -0.2) is 5.91 Å². The van der Waals surface area contributed by atoms with Crippen molar-refractivity contribution in [2.75, 3.05) is 0 Å². The molecular formula is C21H18ClNOS. The minimum atomic E-state index is -0.314. The number of thioether (sulfide) groups is 1. The summed E-state index contributed by atoms with van der Waals surface area (Å²) in [6, 6.07) is 27.3. The Labute approximate surface area is 157 Å². The van der Waals surface area contributed by atoms with Gasteiger partial charge in [-0.2, -0.15) is 0 Å². The molecule has 2 nitrogen and oxygen atoms in total. The topological polar surface area (TPSA) is 29.1 Å². The molecule has 1 amide bonds. The molecule has 126 valence electrons. The van der Waals surface area contributed by atoms with Gasteiger partial charge in [0, 0.05) is 16.5 Å².